The van der Waals surface area contributed by atoms with Crippen LogP contribution in [0.2, 0.25) is 0 Å². The van der Waals surface area contributed by atoms with E-state index in [4.69, 9.17) is 0 Å². The maximum atomic E-state index is 12.6. The standard InChI is InChI=1S/C20H26F2N2O4/c1-12-3-4-14(11-17(12)28-19(21)22)13-5-7-24(8-6-13)18(25)15-9-16(10-15)23-20(26)27-2/h3-4,11,13,15-16,19H,5-10H2,1-2H3,(H,23,26). The number of methoxy groups -OCH3 is 1. The van der Waals surface area contributed by atoms with Crippen LogP contribution < -0.4 is 10.1 Å². The first-order valence-corrected chi connectivity index (χ1v) is 9.56. The number of carbonyl (C=O) groups is 2. The molecule has 2 aliphatic rings. The van der Waals surface area contributed by atoms with E-state index in [9.17, 15) is 18.4 Å². The lowest BCUT2D eigenvalue weighted by Crippen LogP contribution is -2.51. The molecule has 1 saturated carbocycles. The summed E-state index contributed by atoms with van der Waals surface area (Å²) in [6, 6.07) is 5.44. The van der Waals surface area contributed by atoms with Crippen molar-refractivity contribution >= 4 is 12.0 Å². The second kappa shape index (κ2) is 8.75. The fraction of sp³-hybridized carbons (Fsp3) is 0.600. The minimum Gasteiger partial charge on any atom is -0.453 e. The van der Waals surface area contributed by atoms with Gasteiger partial charge in [0.05, 0.1) is 7.11 Å². The van der Waals surface area contributed by atoms with Gasteiger partial charge in [0.15, 0.2) is 0 Å². The summed E-state index contributed by atoms with van der Waals surface area (Å²) in [4.78, 5) is 25.7. The van der Waals surface area contributed by atoms with Crippen molar-refractivity contribution in [2.75, 3.05) is 20.2 Å². The molecular formula is C20H26F2N2O4. The number of rotatable bonds is 5. The average molecular weight is 396 g/mol. The molecule has 1 N–H and O–H groups in total. The van der Waals surface area contributed by atoms with E-state index in [1.807, 2.05) is 11.0 Å². The highest BCUT2D eigenvalue weighted by atomic mass is 19.3. The topological polar surface area (TPSA) is 67.9 Å². The molecule has 1 heterocycles. The molecule has 0 unspecified atom stereocenters. The molecule has 28 heavy (non-hydrogen) atoms. The Morgan fingerprint density at radius 2 is 1.89 bits per heavy atom. The SMILES string of the molecule is COC(=O)NC1CC(C(=O)N2CCC(c3ccc(C)c(OC(F)F)c3)CC2)C1. The Bertz CT molecular complexity index is 714. The molecule has 1 aliphatic heterocycles. The normalized spacial score (nSPS) is 22.5. The Balaban J connectivity index is 1.50. The maximum absolute atomic E-state index is 12.6. The lowest BCUT2D eigenvalue weighted by Gasteiger charge is -2.40. The Morgan fingerprint density at radius 1 is 1.21 bits per heavy atom. The Morgan fingerprint density at radius 3 is 2.50 bits per heavy atom. The highest BCUT2D eigenvalue weighted by Crippen LogP contribution is 2.35. The fourth-order valence-electron chi connectivity index (χ4n) is 3.95. The van der Waals surface area contributed by atoms with Crippen molar-refractivity contribution in [2.45, 2.75) is 51.2 Å². The van der Waals surface area contributed by atoms with Crippen molar-refractivity contribution in [3.63, 3.8) is 0 Å². The van der Waals surface area contributed by atoms with E-state index in [1.54, 1.807) is 19.1 Å². The molecule has 0 atom stereocenters. The summed E-state index contributed by atoms with van der Waals surface area (Å²) in [6.07, 6.45) is 2.39. The number of alkyl carbamates (subject to hydrolysis) is 1. The van der Waals surface area contributed by atoms with Gasteiger partial charge in [0.25, 0.3) is 0 Å². The molecule has 154 valence electrons. The van der Waals surface area contributed by atoms with Crippen LogP contribution in [0.15, 0.2) is 18.2 Å². The zero-order chi connectivity index (χ0) is 20.3. The highest BCUT2D eigenvalue weighted by Gasteiger charge is 2.38. The zero-order valence-corrected chi connectivity index (χ0v) is 16.1. The van der Waals surface area contributed by atoms with Crippen LogP contribution in [0.1, 0.15) is 42.7 Å². The summed E-state index contributed by atoms with van der Waals surface area (Å²) in [5, 5.41) is 2.71. The minimum absolute atomic E-state index is 0.000228. The van der Waals surface area contributed by atoms with Gasteiger partial charge in [0, 0.05) is 25.0 Å². The largest absolute Gasteiger partial charge is 0.453 e. The first-order chi connectivity index (χ1) is 13.4. The third-order valence-electron chi connectivity index (χ3n) is 5.70. The van der Waals surface area contributed by atoms with Gasteiger partial charge in [-0.05, 0) is 55.7 Å². The summed E-state index contributed by atoms with van der Waals surface area (Å²) in [7, 11) is 1.32. The summed E-state index contributed by atoms with van der Waals surface area (Å²) >= 11 is 0. The smallest absolute Gasteiger partial charge is 0.407 e. The van der Waals surface area contributed by atoms with E-state index in [2.05, 4.69) is 14.8 Å². The minimum atomic E-state index is -2.84. The van der Waals surface area contributed by atoms with Crippen molar-refractivity contribution in [1.29, 1.82) is 0 Å². The molecule has 2 fully saturated rings. The lowest BCUT2D eigenvalue weighted by molar-refractivity contribution is -0.140. The molecule has 0 bridgehead atoms. The number of nitrogens with zero attached hydrogens (tertiary/aromatic N) is 1. The van der Waals surface area contributed by atoms with Crippen LogP contribution >= 0.6 is 0 Å². The van der Waals surface area contributed by atoms with Crippen LogP contribution in [0.25, 0.3) is 0 Å². The van der Waals surface area contributed by atoms with E-state index in [0.717, 1.165) is 18.4 Å². The molecular weight excluding hydrogens is 370 g/mol. The number of aryl methyl sites for hydroxylation is 1. The molecule has 1 aromatic carbocycles. The maximum Gasteiger partial charge on any atom is 0.407 e. The van der Waals surface area contributed by atoms with Crippen LogP contribution in [0.5, 0.6) is 5.75 Å². The zero-order valence-electron chi connectivity index (χ0n) is 16.1. The average Bonchev–Trinajstić information content (AvgIpc) is 2.65. The van der Waals surface area contributed by atoms with Gasteiger partial charge in [-0.2, -0.15) is 8.78 Å². The Hall–Kier alpha value is -2.38. The lowest BCUT2D eigenvalue weighted by atomic mass is 9.78. The fourth-order valence-corrected chi connectivity index (χ4v) is 3.95. The molecule has 1 aromatic rings. The van der Waals surface area contributed by atoms with E-state index in [0.29, 0.717) is 31.5 Å². The first kappa shape index (κ1) is 20.4. The van der Waals surface area contributed by atoms with Crippen LogP contribution in [0, 0.1) is 12.8 Å². The molecule has 6 nitrogen and oxygen atoms in total. The molecule has 1 saturated heterocycles. The van der Waals surface area contributed by atoms with Gasteiger partial charge in [-0.1, -0.05) is 12.1 Å². The number of hydrogen-bond donors (Lipinski definition) is 1. The van der Waals surface area contributed by atoms with Crippen LogP contribution in [-0.2, 0) is 9.53 Å². The predicted octanol–water partition coefficient (Wildman–Crippen LogP) is 3.44. The number of amides is 2. The quantitative estimate of drug-likeness (QED) is 0.828. The van der Waals surface area contributed by atoms with Gasteiger partial charge >= 0.3 is 12.7 Å². The van der Waals surface area contributed by atoms with Crippen molar-refractivity contribution < 1.29 is 27.8 Å². The van der Waals surface area contributed by atoms with Gasteiger partial charge in [0.1, 0.15) is 5.75 Å². The second-order valence-corrected chi connectivity index (χ2v) is 7.50. The van der Waals surface area contributed by atoms with Crippen LogP contribution in [-0.4, -0.2) is 49.8 Å². The van der Waals surface area contributed by atoms with Gasteiger partial charge in [-0.3, -0.25) is 4.79 Å². The van der Waals surface area contributed by atoms with E-state index >= 15 is 0 Å². The number of alkyl halides is 2. The van der Waals surface area contributed by atoms with Crippen molar-refractivity contribution in [3.05, 3.63) is 29.3 Å². The van der Waals surface area contributed by atoms with Crippen molar-refractivity contribution in [2.24, 2.45) is 5.92 Å². The molecule has 0 radical (unpaired) electrons. The number of ether oxygens (including phenoxy) is 2. The third-order valence-corrected chi connectivity index (χ3v) is 5.70. The van der Waals surface area contributed by atoms with E-state index < -0.39 is 12.7 Å². The Labute approximate surface area is 163 Å². The molecule has 3 rings (SSSR count). The molecule has 2 amide bonds. The predicted molar refractivity (Wildman–Crippen MR) is 98.4 cm³/mol. The highest BCUT2D eigenvalue weighted by molar-refractivity contribution is 5.80. The van der Waals surface area contributed by atoms with Crippen LogP contribution in [0.3, 0.4) is 0 Å². The number of benzene rings is 1. The number of carbonyl (C=O) groups excluding carboxylic acids is 2. The van der Waals surface area contributed by atoms with Gasteiger partial charge in [-0.15, -0.1) is 0 Å². The van der Waals surface area contributed by atoms with E-state index in [1.165, 1.54) is 7.11 Å². The van der Waals surface area contributed by atoms with Crippen molar-refractivity contribution in [1.82, 2.24) is 10.2 Å². The first-order valence-electron chi connectivity index (χ1n) is 9.56. The monoisotopic (exact) mass is 396 g/mol. The Kier molecular flexibility index (Phi) is 6.36. The van der Waals surface area contributed by atoms with E-state index in [-0.39, 0.29) is 29.5 Å². The number of piperidine rings is 1. The number of likely N-dealkylation sites (tertiary alicyclic amines) is 1. The second-order valence-electron chi connectivity index (χ2n) is 7.50. The van der Waals surface area contributed by atoms with Gasteiger partial charge < -0.3 is 19.7 Å². The summed E-state index contributed by atoms with van der Waals surface area (Å²) in [6.45, 7) is 0.194. The van der Waals surface area contributed by atoms with Gasteiger partial charge in [0.2, 0.25) is 5.91 Å². The molecule has 0 aromatic heterocycles. The van der Waals surface area contributed by atoms with Crippen LogP contribution in [0.4, 0.5) is 13.6 Å². The van der Waals surface area contributed by atoms with Gasteiger partial charge in [-0.25, -0.2) is 4.79 Å². The summed E-state index contributed by atoms with van der Waals surface area (Å²) in [5.74, 6) is 0.514. The summed E-state index contributed by atoms with van der Waals surface area (Å²) < 4.78 is 34.3. The molecule has 8 heteroatoms. The third kappa shape index (κ3) is 4.72. The number of hydrogen-bond acceptors (Lipinski definition) is 4. The number of nitrogens with one attached hydrogen (secondary N) is 1. The summed E-state index contributed by atoms with van der Waals surface area (Å²) in [5.41, 5.74) is 1.65. The molecule has 0 spiro atoms. The van der Waals surface area contributed by atoms with Crippen molar-refractivity contribution in [3.8, 4) is 5.75 Å². The molecule has 1 aliphatic carbocycles. The number of halogens is 2.